The van der Waals surface area contributed by atoms with E-state index in [1.807, 2.05) is 18.2 Å². The molecule has 0 spiro atoms. The molecule has 6 nitrogen and oxygen atoms in total. The van der Waals surface area contributed by atoms with Crippen molar-refractivity contribution in [3.8, 4) is 0 Å². The summed E-state index contributed by atoms with van der Waals surface area (Å²) in [6, 6.07) is 15.1. The molecule has 0 radical (unpaired) electrons. The van der Waals surface area contributed by atoms with Gasteiger partial charge in [0, 0.05) is 31.0 Å². The highest BCUT2D eigenvalue weighted by atomic mass is 19.1. The number of benzene rings is 2. The summed E-state index contributed by atoms with van der Waals surface area (Å²) in [5.41, 5.74) is 2.84. The van der Waals surface area contributed by atoms with Crippen molar-refractivity contribution in [2.75, 3.05) is 35.2 Å². The molecule has 0 bridgehead atoms. The van der Waals surface area contributed by atoms with Crippen LogP contribution in [0.5, 0.6) is 0 Å². The number of aromatic nitrogens is 3. The van der Waals surface area contributed by atoms with Crippen LogP contribution in [0.4, 0.5) is 27.5 Å². The third kappa shape index (κ3) is 5.19. The van der Waals surface area contributed by atoms with Gasteiger partial charge in [-0.05, 0) is 61.6 Å². The molecular weight excluding hydrogens is 367 g/mol. The molecule has 1 aliphatic rings. The Hall–Kier alpha value is -3.22. The molecule has 0 atom stereocenters. The summed E-state index contributed by atoms with van der Waals surface area (Å²) in [5.74, 6) is 0.834. The van der Waals surface area contributed by atoms with Gasteiger partial charge in [-0.15, -0.1) is 5.10 Å². The number of nitrogens with one attached hydrogen (secondary N) is 2. The summed E-state index contributed by atoms with van der Waals surface area (Å²) in [6.45, 7) is 2.81. The predicted octanol–water partition coefficient (Wildman–Crippen LogP) is 4.40. The fourth-order valence-electron chi connectivity index (χ4n) is 3.50. The monoisotopic (exact) mass is 392 g/mol. The molecule has 1 aromatic heterocycles. The van der Waals surface area contributed by atoms with Gasteiger partial charge in [0.25, 0.3) is 0 Å². The lowest BCUT2D eigenvalue weighted by Crippen LogP contribution is -2.29. The van der Waals surface area contributed by atoms with Crippen LogP contribution in [-0.2, 0) is 6.42 Å². The summed E-state index contributed by atoms with van der Waals surface area (Å²) < 4.78 is 13.7. The molecule has 2 aromatic carbocycles. The molecule has 7 heteroatoms. The normalized spacial score (nSPS) is 13.9. The van der Waals surface area contributed by atoms with Gasteiger partial charge in [-0.2, -0.15) is 10.1 Å². The number of nitrogens with zero attached hydrogens (tertiary/aromatic N) is 4. The highest BCUT2D eigenvalue weighted by Gasteiger charge is 2.10. The summed E-state index contributed by atoms with van der Waals surface area (Å²) in [7, 11) is 0. The van der Waals surface area contributed by atoms with E-state index in [0.717, 1.165) is 18.8 Å². The number of anilines is 4. The van der Waals surface area contributed by atoms with Gasteiger partial charge in [0.2, 0.25) is 5.95 Å². The largest absolute Gasteiger partial charge is 0.372 e. The van der Waals surface area contributed by atoms with Crippen molar-refractivity contribution in [3.05, 3.63) is 66.1 Å². The minimum absolute atomic E-state index is 0.189. The Morgan fingerprint density at radius 3 is 2.55 bits per heavy atom. The Kier molecular flexibility index (Phi) is 6.14. The Balaban J connectivity index is 1.33. The van der Waals surface area contributed by atoms with Crippen molar-refractivity contribution in [3.63, 3.8) is 0 Å². The zero-order valence-corrected chi connectivity index (χ0v) is 16.3. The van der Waals surface area contributed by atoms with Crippen LogP contribution in [0.2, 0.25) is 0 Å². The number of rotatable bonds is 7. The van der Waals surface area contributed by atoms with Crippen LogP contribution < -0.4 is 15.5 Å². The lowest BCUT2D eigenvalue weighted by atomic mass is 10.1. The van der Waals surface area contributed by atoms with E-state index >= 15 is 0 Å². The van der Waals surface area contributed by atoms with E-state index in [1.165, 1.54) is 31.0 Å². The summed E-state index contributed by atoms with van der Waals surface area (Å²) >= 11 is 0. The third-order valence-corrected chi connectivity index (χ3v) is 5.06. The molecule has 2 heterocycles. The van der Waals surface area contributed by atoms with E-state index < -0.39 is 0 Å². The molecule has 2 N–H and O–H groups in total. The first kappa shape index (κ1) is 19.1. The standard InChI is InChI=1S/C22H25FN6/c23-20-7-3-2-6-17(20)12-13-24-21-16-25-28-22(27-21)26-18-8-10-19(11-9-18)29-14-4-1-5-15-29/h2-3,6-11,16H,1,4-5,12-15H2,(H2,24,26,27,28). The summed E-state index contributed by atoms with van der Waals surface area (Å²) in [5, 5.41) is 14.4. The minimum atomic E-state index is -0.189. The molecule has 0 unspecified atom stereocenters. The molecule has 3 aromatic rings. The SMILES string of the molecule is Fc1ccccc1CCNc1cnnc(Nc2ccc(N3CCCCC3)cc2)n1. The second-order valence-corrected chi connectivity index (χ2v) is 7.15. The van der Waals surface area contributed by atoms with Crippen LogP contribution >= 0.6 is 0 Å². The fraction of sp³-hybridized carbons (Fsp3) is 0.318. The fourth-order valence-corrected chi connectivity index (χ4v) is 3.50. The molecule has 1 aliphatic heterocycles. The van der Waals surface area contributed by atoms with E-state index in [4.69, 9.17) is 0 Å². The van der Waals surface area contributed by atoms with Crippen LogP contribution in [0.25, 0.3) is 0 Å². The predicted molar refractivity (Wildman–Crippen MR) is 114 cm³/mol. The first-order chi connectivity index (χ1) is 14.3. The first-order valence-electron chi connectivity index (χ1n) is 10.1. The Labute approximate surface area is 170 Å². The van der Waals surface area contributed by atoms with E-state index in [9.17, 15) is 4.39 Å². The van der Waals surface area contributed by atoms with Crippen molar-refractivity contribution in [2.24, 2.45) is 0 Å². The van der Waals surface area contributed by atoms with Crippen molar-refractivity contribution in [2.45, 2.75) is 25.7 Å². The average molecular weight is 392 g/mol. The molecule has 0 aliphatic carbocycles. The molecule has 0 saturated carbocycles. The second-order valence-electron chi connectivity index (χ2n) is 7.15. The lowest BCUT2D eigenvalue weighted by Gasteiger charge is -2.28. The molecule has 0 amide bonds. The van der Waals surface area contributed by atoms with Crippen molar-refractivity contribution < 1.29 is 4.39 Å². The Bertz CT molecular complexity index is 925. The maximum Gasteiger partial charge on any atom is 0.249 e. The maximum absolute atomic E-state index is 13.7. The maximum atomic E-state index is 13.7. The van der Waals surface area contributed by atoms with Crippen LogP contribution in [0.3, 0.4) is 0 Å². The number of halogens is 1. The number of hydrogen-bond donors (Lipinski definition) is 2. The second kappa shape index (κ2) is 9.32. The van der Waals surface area contributed by atoms with Gasteiger partial charge < -0.3 is 15.5 Å². The highest BCUT2D eigenvalue weighted by Crippen LogP contribution is 2.23. The van der Waals surface area contributed by atoms with Crippen LogP contribution in [0.15, 0.2) is 54.7 Å². The Morgan fingerprint density at radius 2 is 1.76 bits per heavy atom. The molecule has 4 rings (SSSR count). The Morgan fingerprint density at radius 1 is 0.966 bits per heavy atom. The van der Waals surface area contributed by atoms with E-state index in [-0.39, 0.29) is 5.82 Å². The molecule has 150 valence electrons. The number of hydrogen-bond acceptors (Lipinski definition) is 6. The molecular formula is C22H25FN6. The summed E-state index contributed by atoms with van der Waals surface area (Å²) in [4.78, 5) is 6.86. The van der Waals surface area contributed by atoms with Gasteiger partial charge in [0.05, 0.1) is 6.20 Å². The smallest absolute Gasteiger partial charge is 0.249 e. The van der Waals surface area contributed by atoms with Gasteiger partial charge in [-0.25, -0.2) is 4.39 Å². The zero-order valence-electron chi connectivity index (χ0n) is 16.3. The number of piperidine rings is 1. The molecule has 29 heavy (non-hydrogen) atoms. The van der Waals surface area contributed by atoms with E-state index in [1.54, 1.807) is 18.3 Å². The van der Waals surface area contributed by atoms with E-state index in [2.05, 4.69) is 42.8 Å². The van der Waals surface area contributed by atoms with Crippen molar-refractivity contribution >= 4 is 23.1 Å². The zero-order chi connectivity index (χ0) is 19.9. The summed E-state index contributed by atoms with van der Waals surface area (Å²) in [6.07, 6.45) is 5.97. The quantitative estimate of drug-likeness (QED) is 0.621. The average Bonchev–Trinajstić information content (AvgIpc) is 2.77. The van der Waals surface area contributed by atoms with Gasteiger partial charge in [0.1, 0.15) is 5.82 Å². The lowest BCUT2D eigenvalue weighted by molar-refractivity contribution is 0.578. The van der Waals surface area contributed by atoms with E-state index in [0.29, 0.717) is 30.3 Å². The van der Waals surface area contributed by atoms with Gasteiger partial charge in [0.15, 0.2) is 5.82 Å². The first-order valence-corrected chi connectivity index (χ1v) is 10.1. The minimum Gasteiger partial charge on any atom is -0.372 e. The van der Waals surface area contributed by atoms with Gasteiger partial charge in [-0.3, -0.25) is 0 Å². The topological polar surface area (TPSA) is 66.0 Å². The van der Waals surface area contributed by atoms with Crippen LogP contribution in [0.1, 0.15) is 24.8 Å². The van der Waals surface area contributed by atoms with Crippen molar-refractivity contribution in [1.82, 2.24) is 15.2 Å². The van der Waals surface area contributed by atoms with Gasteiger partial charge >= 0.3 is 0 Å². The van der Waals surface area contributed by atoms with Gasteiger partial charge in [-0.1, -0.05) is 18.2 Å². The third-order valence-electron chi connectivity index (χ3n) is 5.06. The van der Waals surface area contributed by atoms with Crippen molar-refractivity contribution in [1.29, 1.82) is 0 Å². The van der Waals surface area contributed by atoms with Crippen LogP contribution in [-0.4, -0.2) is 34.8 Å². The highest BCUT2D eigenvalue weighted by molar-refractivity contribution is 5.59. The molecule has 1 fully saturated rings. The molecule has 1 saturated heterocycles. The van der Waals surface area contributed by atoms with Crippen LogP contribution in [0, 0.1) is 5.82 Å².